The van der Waals surface area contributed by atoms with Gasteiger partial charge >= 0.3 is 6.09 Å². The number of amides is 1. The van der Waals surface area contributed by atoms with Crippen molar-refractivity contribution in [1.29, 1.82) is 0 Å². The Morgan fingerprint density at radius 3 is 2.67 bits per heavy atom. The molecule has 1 saturated heterocycles. The van der Waals surface area contributed by atoms with Gasteiger partial charge in [-0.05, 0) is 74.9 Å². The molecule has 0 N–H and O–H groups in total. The molecule has 2 unspecified atom stereocenters. The minimum atomic E-state index is -0.483. The number of pyridine rings is 1. The average molecular weight is 411 g/mol. The summed E-state index contributed by atoms with van der Waals surface area (Å²) in [6, 6.07) is 12.4. The fourth-order valence-electron chi connectivity index (χ4n) is 4.14. The third-order valence-corrected chi connectivity index (χ3v) is 5.70. The molecular weight excluding hydrogens is 376 g/mol. The molecule has 30 heavy (non-hydrogen) atoms. The highest BCUT2D eigenvalue weighted by molar-refractivity contribution is 5.68. The molecule has 5 heteroatoms. The van der Waals surface area contributed by atoms with E-state index in [1.54, 1.807) is 7.11 Å². The maximum Gasteiger partial charge on any atom is 0.410 e. The lowest BCUT2D eigenvalue weighted by molar-refractivity contribution is 0.0152. The van der Waals surface area contributed by atoms with Crippen molar-refractivity contribution < 1.29 is 14.3 Å². The second-order valence-corrected chi connectivity index (χ2v) is 9.11. The van der Waals surface area contributed by atoms with E-state index in [0.29, 0.717) is 12.5 Å². The molecule has 0 bridgehead atoms. The lowest BCUT2D eigenvalue weighted by atomic mass is 9.81. The number of piperidine rings is 1. The summed E-state index contributed by atoms with van der Waals surface area (Å²) in [5.41, 5.74) is 3.01. The third kappa shape index (κ3) is 5.74. The zero-order chi connectivity index (χ0) is 21.7. The second-order valence-electron chi connectivity index (χ2n) is 9.11. The van der Waals surface area contributed by atoms with E-state index in [2.05, 4.69) is 31.2 Å². The van der Waals surface area contributed by atoms with Crippen molar-refractivity contribution in [3.05, 3.63) is 59.4 Å². The van der Waals surface area contributed by atoms with E-state index >= 15 is 0 Å². The second kappa shape index (κ2) is 9.50. The van der Waals surface area contributed by atoms with Crippen molar-refractivity contribution in [2.45, 2.75) is 58.5 Å². The Balaban J connectivity index is 1.78. The maximum atomic E-state index is 12.6. The van der Waals surface area contributed by atoms with Crippen molar-refractivity contribution in [3.8, 4) is 5.75 Å². The number of ether oxygens (including phenoxy) is 2. The fourth-order valence-corrected chi connectivity index (χ4v) is 4.14. The topological polar surface area (TPSA) is 51.7 Å². The van der Waals surface area contributed by atoms with Crippen LogP contribution in [0, 0.1) is 5.92 Å². The van der Waals surface area contributed by atoms with Crippen LogP contribution in [-0.4, -0.2) is 41.8 Å². The van der Waals surface area contributed by atoms with Gasteiger partial charge in [-0.3, -0.25) is 4.98 Å². The van der Waals surface area contributed by atoms with Crippen molar-refractivity contribution in [1.82, 2.24) is 9.88 Å². The Morgan fingerprint density at radius 1 is 1.20 bits per heavy atom. The van der Waals surface area contributed by atoms with Crippen LogP contribution in [0.2, 0.25) is 0 Å². The average Bonchev–Trinajstić information content (AvgIpc) is 2.72. The van der Waals surface area contributed by atoms with E-state index in [0.717, 1.165) is 37.3 Å². The van der Waals surface area contributed by atoms with Gasteiger partial charge in [0.1, 0.15) is 11.4 Å². The van der Waals surface area contributed by atoms with Crippen molar-refractivity contribution in [2.75, 3.05) is 20.2 Å². The van der Waals surface area contributed by atoms with Crippen LogP contribution in [0.15, 0.2) is 42.6 Å². The summed E-state index contributed by atoms with van der Waals surface area (Å²) in [6.45, 7) is 9.34. The minimum Gasteiger partial charge on any atom is -0.497 e. The molecule has 162 valence electrons. The number of hydrogen-bond donors (Lipinski definition) is 0. The molecule has 1 aromatic carbocycles. The minimum absolute atomic E-state index is 0.224. The fraction of sp³-hybridized carbons (Fsp3) is 0.520. The lowest BCUT2D eigenvalue weighted by Crippen LogP contribution is -2.45. The van der Waals surface area contributed by atoms with Gasteiger partial charge in [0, 0.05) is 30.9 Å². The first-order chi connectivity index (χ1) is 14.3. The molecule has 0 spiro atoms. The van der Waals surface area contributed by atoms with Gasteiger partial charge in [0.2, 0.25) is 0 Å². The number of benzene rings is 1. The molecule has 1 aromatic heterocycles. The zero-order valence-electron chi connectivity index (χ0n) is 18.9. The van der Waals surface area contributed by atoms with Crippen LogP contribution in [0.25, 0.3) is 0 Å². The summed E-state index contributed by atoms with van der Waals surface area (Å²) in [6.07, 6.45) is 4.54. The van der Waals surface area contributed by atoms with Crippen molar-refractivity contribution >= 4 is 6.09 Å². The molecule has 1 aliphatic heterocycles. The Kier molecular flexibility index (Phi) is 7.01. The number of carbonyl (C=O) groups excluding carboxylic acids is 1. The monoisotopic (exact) mass is 410 g/mol. The van der Waals surface area contributed by atoms with E-state index in [1.165, 1.54) is 11.1 Å². The summed E-state index contributed by atoms with van der Waals surface area (Å²) < 4.78 is 11.0. The largest absolute Gasteiger partial charge is 0.497 e. The molecule has 2 atom stereocenters. The first-order valence-electron chi connectivity index (χ1n) is 10.8. The zero-order valence-corrected chi connectivity index (χ0v) is 18.9. The van der Waals surface area contributed by atoms with E-state index in [1.807, 2.05) is 44.0 Å². The highest BCUT2D eigenvalue weighted by atomic mass is 16.6. The van der Waals surface area contributed by atoms with Gasteiger partial charge < -0.3 is 14.4 Å². The molecule has 2 heterocycles. The van der Waals surface area contributed by atoms with Gasteiger partial charge in [0.15, 0.2) is 0 Å². The molecule has 2 aromatic rings. The number of likely N-dealkylation sites (tertiary alicyclic amines) is 1. The third-order valence-electron chi connectivity index (χ3n) is 5.70. The van der Waals surface area contributed by atoms with Gasteiger partial charge in [0.25, 0.3) is 0 Å². The van der Waals surface area contributed by atoms with Gasteiger partial charge in [-0.1, -0.05) is 25.5 Å². The number of rotatable bonds is 5. The van der Waals surface area contributed by atoms with E-state index < -0.39 is 5.60 Å². The van der Waals surface area contributed by atoms with Crippen molar-refractivity contribution in [3.63, 3.8) is 0 Å². The predicted molar refractivity (Wildman–Crippen MR) is 119 cm³/mol. The van der Waals surface area contributed by atoms with Crippen LogP contribution in [0.1, 0.15) is 63.3 Å². The van der Waals surface area contributed by atoms with Crippen LogP contribution < -0.4 is 4.74 Å². The van der Waals surface area contributed by atoms with Crippen LogP contribution >= 0.6 is 0 Å². The van der Waals surface area contributed by atoms with Crippen LogP contribution in [0.3, 0.4) is 0 Å². The number of carbonyl (C=O) groups is 1. The summed E-state index contributed by atoms with van der Waals surface area (Å²) in [5.74, 6) is 1.61. The maximum absolute atomic E-state index is 12.6. The molecule has 3 rings (SSSR count). The van der Waals surface area contributed by atoms with Crippen LogP contribution in [0.4, 0.5) is 4.79 Å². The summed E-state index contributed by atoms with van der Waals surface area (Å²) in [5, 5.41) is 0. The molecule has 0 aliphatic carbocycles. The smallest absolute Gasteiger partial charge is 0.410 e. The molecule has 1 fully saturated rings. The molecule has 5 nitrogen and oxygen atoms in total. The summed E-state index contributed by atoms with van der Waals surface area (Å²) in [4.78, 5) is 19.2. The number of nitrogens with zero attached hydrogens (tertiary/aromatic N) is 2. The standard InChI is InChI=1S/C25H34N2O3/c1-6-20-11-13-27(24(28)30-25(2,3)4)17-22(20)23-16-19(10-12-26-23)14-18-8-7-9-21(15-18)29-5/h7-10,12,15-16,20,22H,6,11,13-14,17H2,1-5H3. The predicted octanol–water partition coefficient (Wildman–Crippen LogP) is 5.43. The number of hydrogen-bond acceptors (Lipinski definition) is 4. The van der Waals surface area contributed by atoms with E-state index in [4.69, 9.17) is 14.5 Å². The van der Waals surface area contributed by atoms with Crippen LogP contribution in [0.5, 0.6) is 5.75 Å². The van der Waals surface area contributed by atoms with E-state index in [9.17, 15) is 4.79 Å². The Hall–Kier alpha value is -2.56. The highest BCUT2D eigenvalue weighted by Gasteiger charge is 2.34. The molecule has 1 amide bonds. The van der Waals surface area contributed by atoms with Gasteiger partial charge in [-0.15, -0.1) is 0 Å². The molecule has 0 saturated carbocycles. The van der Waals surface area contributed by atoms with Crippen molar-refractivity contribution in [2.24, 2.45) is 5.92 Å². The van der Waals surface area contributed by atoms with Crippen LogP contribution in [-0.2, 0) is 11.2 Å². The normalized spacial score (nSPS) is 19.4. The van der Waals surface area contributed by atoms with Gasteiger partial charge in [0.05, 0.1) is 7.11 Å². The molecule has 0 radical (unpaired) electrons. The Bertz CT molecular complexity index is 859. The number of aromatic nitrogens is 1. The lowest BCUT2D eigenvalue weighted by Gasteiger charge is -2.38. The number of methoxy groups -OCH3 is 1. The van der Waals surface area contributed by atoms with Gasteiger partial charge in [-0.25, -0.2) is 4.79 Å². The highest BCUT2D eigenvalue weighted by Crippen LogP contribution is 2.34. The molecular formula is C25H34N2O3. The summed E-state index contributed by atoms with van der Waals surface area (Å²) >= 11 is 0. The molecule has 1 aliphatic rings. The SMILES string of the molecule is CCC1CCN(C(=O)OC(C)(C)C)CC1c1cc(Cc2cccc(OC)c2)ccn1. The first-order valence-corrected chi connectivity index (χ1v) is 10.8. The quantitative estimate of drug-likeness (QED) is 0.659. The summed E-state index contributed by atoms with van der Waals surface area (Å²) in [7, 11) is 1.69. The Morgan fingerprint density at radius 2 is 1.97 bits per heavy atom. The van der Waals surface area contributed by atoms with E-state index in [-0.39, 0.29) is 12.0 Å². The van der Waals surface area contributed by atoms with Gasteiger partial charge in [-0.2, -0.15) is 0 Å². The Labute approximate surface area is 180 Å². The first kappa shape index (κ1) is 22.1.